The second-order valence-electron chi connectivity index (χ2n) is 6.14. The van der Waals surface area contributed by atoms with Gasteiger partial charge in [0.15, 0.2) is 0 Å². The van der Waals surface area contributed by atoms with Crippen molar-refractivity contribution in [2.24, 2.45) is 0 Å². The Balaban J connectivity index is 1.43. The molecule has 0 atom stereocenters. The van der Waals surface area contributed by atoms with Gasteiger partial charge in [-0.05, 0) is 30.3 Å². The molecule has 0 bridgehead atoms. The minimum atomic E-state index is -3.46. The van der Waals surface area contributed by atoms with Crippen molar-refractivity contribution in [3.8, 4) is 0 Å². The lowest BCUT2D eigenvalue weighted by atomic mass is 10.3. The maximum absolute atomic E-state index is 12.5. The van der Waals surface area contributed by atoms with Crippen LogP contribution in [0.2, 0.25) is 5.02 Å². The van der Waals surface area contributed by atoms with Crippen LogP contribution in [0.3, 0.4) is 0 Å². The fourth-order valence-corrected chi connectivity index (χ4v) is 4.22. The second kappa shape index (κ2) is 9.18. The van der Waals surface area contributed by atoms with E-state index >= 15 is 0 Å². The maximum Gasteiger partial charge on any atom is 0.319 e. The summed E-state index contributed by atoms with van der Waals surface area (Å²) < 4.78 is 26.4. The van der Waals surface area contributed by atoms with Crippen molar-refractivity contribution in [1.82, 2.24) is 19.6 Å². The van der Waals surface area contributed by atoms with Crippen LogP contribution in [-0.4, -0.2) is 67.2 Å². The number of hydrogen-bond acceptors (Lipinski definition) is 6. The first-order chi connectivity index (χ1) is 13.4. The highest BCUT2D eigenvalue weighted by Gasteiger charge is 2.27. The number of sulfonamides is 1. The Morgan fingerprint density at radius 2 is 1.71 bits per heavy atom. The molecular formula is C17H21ClN6O3S. The smallest absolute Gasteiger partial charge is 0.319 e. The van der Waals surface area contributed by atoms with Gasteiger partial charge in [0.05, 0.1) is 5.75 Å². The molecule has 0 aliphatic carbocycles. The van der Waals surface area contributed by atoms with Crippen molar-refractivity contribution in [3.05, 3.63) is 47.7 Å². The maximum atomic E-state index is 12.5. The summed E-state index contributed by atoms with van der Waals surface area (Å²) in [6.45, 7) is 1.78. The molecule has 0 unspecified atom stereocenters. The molecule has 2 N–H and O–H groups in total. The van der Waals surface area contributed by atoms with Gasteiger partial charge >= 0.3 is 6.03 Å². The third-order valence-electron chi connectivity index (χ3n) is 4.21. The molecule has 2 amide bonds. The van der Waals surface area contributed by atoms with Crippen molar-refractivity contribution >= 4 is 39.3 Å². The molecule has 9 nitrogen and oxygen atoms in total. The molecule has 0 saturated carbocycles. The predicted molar refractivity (Wildman–Crippen MR) is 108 cm³/mol. The summed E-state index contributed by atoms with van der Waals surface area (Å²) in [4.78, 5) is 22.2. The van der Waals surface area contributed by atoms with Crippen LogP contribution in [-0.2, 0) is 10.0 Å². The van der Waals surface area contributed by atoms with Crippen molar-refractivity contribution in [2.75, 3.05) is 48.7 Å². The molecule has 1 aliphatic rings. The Morgan fingerprint density at radius 3 is 2.36 bits per heavy atom. The van der Waals surface area contributed by atoms with Crippen molar-refractivity contribution in [3.63, 3.8) is 0 Å². The molecular weight excluding hydrogens is 404 g/mol. The van der Waals surface area contributed by atoms with Crippen molar-refractivity contribution in [1.29, 1.82) is 0 Å². The third kappa shape index (κ3) is 5.54. The summed E-state index contributed by atoms with van der Waals surface area (Å²) >= 11 is 5.79. The number of hydrogen-bond donors (Lipinski definition) is 2. The van der Waals surface area contributed by atoms with E-state index in [9.17, 15) is 13.2 Å². The molecule has 3 rings (SSSR count). The Morgan fingerprint density at radius 1 is 1.07 bits per heavy atom. The molecule has 2 heterocycles. The number of halogens is 1. The minimum Gasteiger partial charge on any atom is -0.338 e. The first-order valence-electron chi connectivity index (χ1n) is 8.74. The zero-order chi connectivity index (χ0) is 20.0. The number of nitrogens with zero attached hydrogens (tertiary/aromatic N) is 4. The van der Waals surface area contributed by atoms with E-state index < -0.39 is 16.1 Å². The van der Waals surface area contributed by atoms with Gasteiger partial charge in [-0.25, -0.2) is 23.2 Å². The number of carbonyl (C=O) groups is 1. The summed E-state index contributed by atoms with van der Waals surface area (Å²) in [7, 11) is -3.46. The first-order valence-corrected chi connectivity index (χ1v) is 10.7. The number of aromatic nitrogens is 2. The average Bonchev–Trinajstić information content (AvgIpc) is 2.70. The van der Waals surface area contributed by atoms with Crippen LogP contribution in [0.5, 0.6) is 0 Å². The molecule has 1 fully saturated rings. The van der Waals surface area contributed by atoms with Gasteiger partial charge in [0, 0.05) is 55.8 Å². The van der Waals surface area contributed by atoms with Crippen molar-refractivity contribution < 1.29 is 13.2 Å². The molecule has 0 radical (unpaired) electrons. The lowest BCUT2D eigenvalue weighted by Crippen LogP contribution is -2.50. The molecule has 1 aliphatic heterocycles. The quantitative estimate of drug-likeness (QED) is 0.725. The van der Waals surface area contributed by atoms with Gasteiger partial charge in [0.25, 0.3) is 0 Å². The topological polar surface area (TPSA) is 108 Å². The van der Waals surface area contributed by atoms with Crippen molar-refractivity contribution in [2.45, 2.75) is 0 Å². The molecule has 11 heteroatoms. The number of piperazine rings is 1. The lowest BCUT2D eigenvalue weighted by Gasteiger charge is -2.33. The van der Waals surface area contributed by atoms with Gasteiger partial charge in [0.2, 0.25) is 16.0 Å². The van der Waals surface area contributed by atoms with Gasteiger partial charge in [-0.15, -0.1) is 0 Å². The zero-order valence-corrected chi connectivity index (χ0v) is 16.7. The summed E-state index contributed by atoms with van der Waals surface area (Å²) in [6.07, 6.45) is 3.32. The lowest BCUT2D eigenvalue weighted by molar-refractivity contribution is 0.252. The molecule has 28 heavy (non-hydrogen) atoms. The SMILES string of the molecule is O=C(NCCS(=O)(=O)N1CCN(c2ncccn2)CC1)Nc1ccc(Cl)cc1. The Bertz CT molecular complexity index is 887. The molecule has 0 spiro atoms. The Hall–Kier alpha value is -2.43. The van der Waals surface area contributed by atoms with Gasteiger partial charge in [-0.1, -0.05) is 11.6 Å². The van der Waals surface area contributed by atoms with E-state index in [0.29, 0.717) is 42.8 Å². The van der Waals surface area contributed by atoms with E-state index in [1.54, 1.807) is 42.7 Å². The third-order valence-corrected chi connectivity index (χ3v) is 6.34. The summed E-state index contributed by atoms with van der Waals surface area (Å²) in [5.74, 6) is 0.433. The van der Waals surface area contributed by atoms with E-state index in [4.69, 9.17) is 11.6 Å². The van der Waals surface area contributed by atoms with E-state index in [2.05, 4.69) is 20.6 Å². The monoisotopic (exact) mass is 424 g/mol. The van der Waals surface area contributed by atoms with Crippen LogP contribution in [0.4, 0.5) is 16.4 Å². The molecule has 1 aromatic heterocycles. The van der Waals surface area contributed by atoms with Gasteiger partial charge in [-0.3, -0.25) is 0 Å². The number of benzene rings is 1. The van der Waals surface area contributed by atoms with Crippen LogP contribution in [0.1, 0.15) is 0 Å². The fourth-order valence-electron chi connectivity index (χ4n) is 2.75. The number of nitrogens with one attached hydrogen (secondary N) is 2. The minimum absolute atomic E-state index is 0.0176. The Kier molecular flexibility index (Phi) is 6.65. The predicted octanol–water partition coefficient (Wildman–Crippen LogP) is 1.40. The molecule has 150 valence electrons. The average molecular weight is 425 g/mol. The summed E-state index contributed by atoms with van der Waals surface area (Å²) in [6, 6.07) is 7.90. The van der Waals surface area contributed by atoms with Crippen LogP contribution >= 0.6 is 11.6 Å². The summed E-state index contributed by atoms with van der Waals surface area (Å²) in [5.41, 5.74) is 0.573. The first kappa shape index (κ1) is 20.3. The van der Waals surface area contributed by atoms with E-state index in [0.717, 1.165) is 0 Å². The highest BCUT2D eigenvalue weighted by molar-refractivity contribution is 7.89. The standard InChI is InChI=1S/C17H21ClN6O3S/c18-14-2-4-15(5-3-14)22-17(25)21-8-13-28(26,27)24-11-9-23(10-12-24)16-19-6-1-7-20-16/h1-7H,8-13H2,(H2,21,22,25). The number of anilines is 2. The molecule has 2 aromatic rings. The van der Waals surface area contributed by atoms with E-state index in [1.165, 1.54) is 4.31 Å². The zero-order valence-electron chi connectivity index (χ0n) is 15.1. The largest absolute Gasteiger partial charge is 0.338 e. The normalized spacial score (nSPS) is 15.2. The molecule has 1 aromatic carbocycles. The van der Waals surface area contributed by atoms with Crippen LogP contribution in [0.15, 0.2) is 42.7 Å². The number of amides is 2. The van der Waals surface area contributed by atoms with Crippen LogP contribution in [0.25, 0.3) is 0 Å². The van der Waals surface area contributed by atoms with Crippen LogP contribution < -0.4 is 15.5 Å². The highest BCUT2D eigenvalue weighted by Crippen LogP contribution is 2.14. The van der Waals surface area contributed by atoms with Gasteiger partial charge in [0.1, 0.15) is 0 Å². The number of carbonyl (C=O) groups excluding carboxylic acids is 1. The highest BCUT2D eigenvalue weighted by atomic mass is 35.5. The fraction of sp³-hybridized carbons (Fsp3) is 0.353. The van der Waals surface area contributed by atoms with E-state index in [-0.39, 0.29) is 12.3 Å². The second-order valence-corrected chi connectivity index (χ2v) is 8.66. The number of urea groups is 1. The number of rotatable bonds is 6. The van der Waals surface area contributed by atoms with Gasteiger partial charge < -0.3 is 15.5 Å². The van der Waals surface area contributed by atoms with Gasteiger partial charge in [-0.2, -0.15) is 4.31 Å². The van der Waals surface area contributed by atoms with E-state index in [1.807, 2.05) is 4.90 Å². The Labute approximate surface area is 168 Å². The van der Waals surface area contributed by atoms with Crippen LogP contribution in [0, 0.1) is 0 Å². The molecule has 1 saturated heterocycles. The summed E-state index contributed by atoms with van der Waals surface area (Å²) in [5, 5.41) is 5.74.